The number of halogens is 7. The van der Waals surface area contributed by atoms with Gasteiger partial charge in [0.2, 0.25) is 0 Å². The Hall–Kier alpha value is -1.31. The summed E-state index contributed by atoms with van der Waals surface area (Å²) in [5.74, 6) is -1.43. The van der Waals surface area contributed by atoms with Gasteiger partial charge < -0.3 is 5.73 Å². The maximum atomic E-state index is 13.0. The van der Waals surface area contributed by atoms with Gasteiger partial charge >= 0.3 is 12.4 Å². The van der Waals surface area contributed by atoms with Crippen LogP contribution in [0.3, 0.4) is 0 Å². The minimum atomic E-state index is -5.01. The van der Waals surface area contributed by atoms with Crippen molar-refractivity contribution in [2.24, 2.45) is 5.73 Å². The molecule has 0 heterocycles. The first-order chi connectivity index (χ1) is 7.53. The van der Waals surface area contributed by atoms with Crippen LogP contribution in [0.1, 0.15) is 17.2 Å². The predicted molar refractivity (Wildman–Crippen MR) is 44.4 cm³/mol. The molecule has 0 unspecified atom stereocenters. The van der Waals surface area contributed by atoms with Crippen LogP contribution in [0.5, 0.6) is 0 Å². The van der Waals surface area contributed by atoms with E-state index in [-0.39, 0.29) is 6.07 Å². The number of nitrogens with two attached hydrogens (primary N) is 1. The summed E-state index contributed by atoms with van der Waals surface area (Å²) in [5.41, 5.74) is 2.04. The smallest absolute Gasteiger partial charge is 0.316 e. The second kappa shape index (κ2) is 4.17. The Balaban J connectivity index is 3.25. The molecule has 17 heavy (non-hydrogen) atoms. The number of rotatable bonds is 1. The van der Waals surface area contributed by atoms with E-state index < -0.39 is 35.3 Å². The lowest BCUT2D eigenvalue weighted by Crippen LogP contribution is -2.29. The molecule has 0 aliphatic carbocycles. The summed E-state index contributed by atoms with van der Waals surface area (Å²) in [4.78, 5) is 0. The maximum Gasteiger partial charge on any atom is 0.416 e. The zero-order valence-corrected chi connectivity index (χ0v) is 8.03. The van der Waals surface area contributed by atoms with E-state index in [1.54, 1.807) is 0 Å². The van der Waals surface area contributed by atoms with Crippen LogP contribution in [0.4, 0.5) is 30.7 Å². The van der Waals surface area contributed by atoms with Crippen molar-refractivity contribution >= 4 is 0 Å². The number of hydrogen-bond donors (Lipinski definition) is 1. The lowest BCUT2D eigenvalue weighted by atomic mass is 10.0. The van der Waals surface area contributed by atoms with Crippen LogP contribution in [-0.4, -0.2) is 6.18 Å². The Morgan fingerprint density at radius 3 is 1.94 bits per heavy atom. The third kappa shape index (κ3) is 3.09. The quantitative estimate of drug-likeness (QED) is 0.770. The molecule has 2 N–H and O–H groups in total. The molecule has 0 bridgehead atoms. The highest BCUT2D eigenvalue weighted by molar-refractivity contribution is 5.30. The third-order valence-electron chi connectivity index (χ3n) is 2.01. The molecule has 1 aromatic rings. The van der Waals surface area contributed by atoms with E-state index in [0.717, 1.165) is 0 Å². The van der Waals surface area contributed by atoms with E-state index >= 15 is 0 Å². The second-order valence-electron chi connectivity index (χ2n) is 3.25. The monoisotopic (exact) mass is 261 g/mol. The molecule has 0 radical (unpaired) electrons. The molecule has 0 amide bonds. The van der Waals surface area contributed by atoms with E-state index in [0.29, 0.717) is 12.1 Å². The average molecular weight is 261 g/mol. The fourth-order valence-electron chi connectivity index (χ4n) is 1.13. The molecular weight excluding hydrogens is 255 g/mol. The highest BCUT2D eigenvalue weighted by Crippen LogP contribution is 2.36. The van der Waals surface area contributed by atoms with Crippen LogP contribution in [0.25, 0.3) is 0 Å². The minimum Gasteiger partial charge on any atom is -0.316 e. The number of alkyl halides is 6. The fourth-order valence-corrected chi connectivity index (χ4v) is 1.13. The summed E-state index contributed by atoms with van der Waals surface area (Å²) < 4.78 is 86.1. The lowest BCUT2D eigenvalue weighted by molar-refractivity contribution is -0.150. The van der Waals surface area contributed by atoms with E-state index in [1.165, 1.54) is 0 Å². The molecule has 0 aliphatic heterocycles. The zero-order valence-electron chi connectivity index (χ0n) is 8.03. The molecular formula is C9H6F7N. The Morgan fingerprint density at radius 2 is 1.53 bits per heavy atom. The standard InChI is InChI=1S/C9H6F7N/c10-6-2-1-4(8(11,12)13)3-5(6)7(17)9(14,15)16/h1-3,7H,17H2/t7-/m1/s1. The van der Waals surface area contributed by atoms with Crippen molar-refractivity contribution in [2.45, 2.75) is 18.4 Å². The lowest BCUT2D eigenvalue weighted by Gasteiger charge is -2.18. The normalized spacial score (nSPS) is 14.8. The molecule has 1 aromatic carbocycles. The summed E-state index contributed by atoms with van der Waals surface area (Å²) in [6, 6.07) is -2.07. The molecule has 0 fully saturated rings. The van der Waals surface area contributed by atoms with E-state index in [2.05, 4.69) is 5.73 Å². The molecule has 96 valence electrons. The van der Waals surface area contributed by atoms with Gasteiger partial charge in [0.05, 0.1) is 5.56 Å². The van der Waals surface area contributed by atoms with Crippen molar-refractivity contribution < 1.29 is 30.7 Å². The highest BCUT2D eigenvalue weighted by atomic mass is 19.4. The molecule has 0 aliphatic rings. The first-order valence-electron chi connectivity index (χ1n) is 4.22. The first kappa shape index (κ1) is 13.8. The largest absolute Gasteiger partial charge is 0.416 e. The zero-order chi connectivity index (χ0) is 13.4. The average Bonchev–Trinajstić information content (AvgIpc) is 2.14. The predicted octanol–water partition coefficient (Wildman–Crippen LogP) is 3.41. The molecule has 0 saturated heterocycles. The van der Waals surface area contributed by atoms with Gasteiger partial charge in [-0.2, -0.15) is 26.3 Å². The summed E-state index contributed by atoms with van der Waals surface area (Å²) in [7, 11) is 0. The Morgan fingerprint density at radius 1 is 1.00 bits per heavy atom. The summed E-state index contributed by atoms with van der Waals surface area (Å²) >= 11 is 0. The summed E-state index contributed by atoms with van der Waals surface area (Å²) in [5, 5.41) is 0. The molecule has 1 nitrogen and oxygen atoms in total. The van der Waals surface area contributed by atoms with Crippen LogP contribution >= 0.6 is 0 Å². The van der Waals surface area contributed by atoms with Gasteiger partial charge in [-0.25, -0.2) is 4.39 Å². The van der Waals surface area contributed by atoms with Gasteiger partial charge in [0.25, 0.3) is 0 Å². The van der Waals surface area contributed by atoms with E-state index in [1.807, 2.05) is 0 Å². The van der Waals surface area contributed by atoms with Crippen LogP contribution in [0.2, 0.25) is 0 Å². The van der Waals surface area contributed by atoms with Crippen molar-refractivity contribution in [2.75, 3.05) is 0 Å². The number of hydrogen-bond acceptors (Lipinski definition) is 1. The van der Waals surface area contributed by atoms with Crippen LogP contribution in [-0.2, 0) is 6.18 Å². The highest BCUT2D eigenvalue weighted by Gasteiger charge is 2.40. The van der Waals surface area contributed by atoms with Crippen molar-refractivity contribution in [1.82, 2.24) is 0 Å². The Labute approximate surface area is 91.0 Å². The van der Waals surface area contributed by atoms with E-state index in [9.17, 15) is 30.7 Å². The van der Waals surface area contributed by atoms with Gasteiger partial charge in [-0.05, 0) is 18.2 Å². The van der Waals surface area contributed by atoms with Crippen LogP contribution in [0.15, 0.2) is 18.2 Å². The molecule has 0 aromatic heterocycles. The number of benzene rings is 1. The van der Waals surface area contributed by atoms with Gasteiger partial charge in [-0.3, -0.25) is 0 Å². The van der Waals surface area contributed by atoms with Crippen LogP contribution in [0, 0.1) is 5.82 Å². The topological polar surface area (TPSA) is 26.0 Å². The van der Waals surface area contributed by atoms with E-state index in [4.69, 9.17) is 0 Å². The summed E-state index contributed by atoms with van der Waals surface area (Å²) in [6.45, 7) is 0. The fraction of sp³-hybridized carbons (Fsp3) is 0.333. The Kier molecular flexibility index (Phi) is 3.37. The molecule has 8 heteroatoms. The van der Waals surface area contributed by atoms with Gasteiger partial charge in [0.15, 0.2) is 0 Å². The minimum absolute atomic E-state index is 0.0630. The van der Waals surface area contributed by atoms with Crippen molar-refractivity contribution in [3.8, 4) is 0 Å². The van der Waals surface area contributed by atoms with Crippen molar-refractivity contribution in [3.05, 3.63) is 35.1 Å². The van der Waals surface area contributed by atoms with Gasteiger partial charge in [0, 0.05) is 5.56 Å². The van der Waals surface area contributed by atoms with Gasteiger partial charge in [0.1, 0.15) is 11.9 Å². The second-order valence-corrected chi connectivity index (χ2v) is 3.25. The Bertz CT molecular complexity index is 407. The van der Waals surface area contributed by atoms with Gasteiger partial charge in [-0.1, -0.05) is 0 Å². The van der Waals surface area contributed by atoms with Crippen molar-refractivity contribution in [3.63, 3.8) is 0 Å². The molecule has 1 atom stereocenters. The third-order valence-corrected chi connectivity index (χ3v) is 2.01. The SMILES string of the molecule is N[C@H](c1cc(C(F)(F)F)ccc1F)C(F)(F)F. The first-order valence-corrected chi connectivity index (χ1v) is 4.22. The molecule has 1 rings (SSSR count). The van der Waals surface area contributed by atoms with Crippen LogP contribution < -0.4 is 5.73 Å². The summed E-state index contributed by atoms with van der Waals surface area (Å²) in [6.07, 6.45) is -9.86. The molecule has 0 spiro atoms. The molecule has 0 saturated carbocycles. The van der Waals surface area contributed by atoms with Gasteiger partial charge in [-0.15, -0.1) is 0 Å². The van der Waals surface area contributed by atoms with Crippen molar-refractivity contribution in [1.29, 1.82) is 0 Å². The maximum absolute atomic E-state index is 13.0.